The second-order valence-corrected chi connectivity index (χ2v) is 15.9. The Balaban J connectivity index is 0.000000187. The first-order valence-electron chi connectivity index (χ1n) is 18.3. The van der Waals surface area contributed by atoms with Gasteiger partial charge in [0.05, 0.1) is 16.2 Å². The molecule has 0 atom stereocenters. The minimum Gasteiger partial charge on any atom is -0.444 e. The number of carbonyl (C=O) groups excluding carboxylic acids is 3. The molecule has 0 saturated carbocycles. The molecule has 2 fully saturated rings. The monoisotopic (exact) mass is 816 g/mol. The van der Waals surface area contributed by atoms with E-state index in [1.54, 1.807) is 11.1 Å². The molecule has 15 heteroatoms. The fourth-order valence-corrected chi connectivity index (χ4v) is 7.54. The van der Waals surface area contributed by atoms with E-state index in [9.17, 15) is 18.8 Å². The number of hydrogen-bond acceptors (Lipinski definition) is 9. The summed E-state index contributed by atoms with van der Waals surface area (Å²) in [6.45, 7) is 11.2. The van der Waals surface area contributed by atoms with Gasteiger partial charge in [0.2, 0.25) is 23.6 Å². The SMILES string of the molecule is CC(=O)NNC(=O)C1(c2ccc(Br)cc2)CCN(C(=O)OC(C)(C)C)CC1.Cc1nnc(C2(c3ccc(-c4ccnc5[nH]cc(F)c45)cc3)CCNCC2)o1. The van der Waals surface area contributed by atoms with E-state index in [4.69, 9.17) is 9.15 Å². The van der Waals surface area contributed by atoms with Crippen molar-refractivity contribution in [2.45, 2.75) is 76.7 Å². The van der Waals surface area contributed by atoms with Crippen molar-refractivity contribution in [1.29, 1.82) is 0 Å². The molecule has 0 spiro atoms. The zero-order chi connectivity index (χ0) is 39.4. The number of piperidine rings is 2. The molecule has 2 aliphatic heterocycles. The Morgan fingerprint density at radius 2 is 1.58 bits per heavy atom. The molecule has 3 aromatic heterocycles. The van der Waals surface area contributed by atoms with Crippen LogP contribution in [0, 0.1) is 12.7 Å². The molecule has 0 unspecified atom stereocenters. The number of pyridine rings is 1. The van der Waals surface area contributed by atoms with Crippen molar-refractivity contribution in [2.75, 3.05) is 26.2 Å². The van der Waals surface area contributed by atoms with E-state index >= 15 is 0 Å². The van der Waals surface area contributed by atoms with E-state index in [2.05, 4.69) is 64.4 Å². The quantitative estimate of drug-likeness (QED) is 0.143. The van der Waals surface area contributed by atoms with Gasteiger partial charge in [-0.2, -0.15) is 0 Å². The molecule has 2 aromatic carbocycles. The third-order valence-corrected chi connectivity index (χ3v) is 10.6. The van der Waals surface area contributed by atoms with Gasteiger partial charge in [-0.05, 0) is 100.0 Å². The Bertz CT molecular complexity index is 2130. The van der Waals surface area contributed by atoms with Crippen LogP contribution in [-0.2, 0) is 25.2 Å². The number of rotatable bonds is 5. The average Bonchev–Trinajstić information content (AvgIpc) is 3.79. The number of carbonyl (C=O) groups is 3. The third-order valence-electron chi connectivity index (χ3n) is 10.1. The van der Waals surface area contributed by atoms with Gasteiger partial charge in [-0.15, -0.1) is 10.2 Å². The first-order valence-corrected chi connectivity index (χ1v) is 19.0. The number of H-pyrrole nitrogens is 1. The highest BCUT2D eigenvalue weighted by Gasteiger charge is 2.45. The molecule has 55 heavy (non-hydrogen) atoms. The van der Waals surface area contributed by atoms with Crippen LogP contribution in [0.5, 0.6) is 0 Å². The van der Waals surface area contributed by atoms with Gasteiger partial charge in [0, 0.05) is 43.8 Å². The fourth-order valence-electron chi connectivity index (χ4n) is 7.27. The zero-order valence-electron chi connectivity index (χ0n) is 31.6. The Morgan fingerprint density at radius 3 is 2.18 bits per heavy atom. The molecule has 0 aliphatic carbocycles. The molecular formula is C40H46BrFN8O5. The minimum absolute atomic E-state index is 0.288. The zero-order valence-corrected chi connectivity index (χ0v) is 33.2. The summed E-state index contributed by atoms with van der Waals surface area (Å²) in [5.74, 6) is 0.316. The van der Waals surface area contributed by atoms with Gasteiger partial charge in [-0.3, -0.25) is 20.4 Å². The van der Waals surface area contributed by atoms with Crippen LogP contribution in [0.2, 0.25) is 0 Å². The lowest BCUT2D eigenvalue weighted by atomic mass is 9.72. The number of ether oxygens (including phenoxy) is 1. The summed E-state index contributed by atoms with van der Waals surface area (Å²) in [7, 11) is 0. The van der Waals surface area contributed by atoms with Gasteiger partial charge < -0.3 is 24.4 Å². The first-order chi connectivity index (χ1) is 26.2. The maximum Gasteiger partial charge on any atom is 0.410 e. The molecule has 5 aromatic rings. The molecule has 0 bridgehead atoms. The molecule has 0 radical (unpaired) electrons. The standard InChI is InChI=1S/C21H20FN5O.C19H26BrN3O4/c1-13-26-27-20(28-13)21(7-10-23-11-8-21)15-4-2-14(3-5-15)16-6-9-24-19-18(16)17(22)12-25-19;1-13(24)21-22-16(25)19(14-5-7-15(20)8-6-14)9-11-23(12-10-19)17(26)27-18(2,3)4/h2-6,9,12,23H,7-8,10-11H2,1H3,(H,24,25);5-8H,9-12H2,1-4H3,(H,21,24)(H,22,25). The molecule has 2 saturated heterocycles. The molecule has 4 N–H and O–H groups in total. The number of benzene rings is 2. The maximum absolute atomic E-state index is 14.2. The summed E-state index contributed by atoms with van der Waals surface area (Å²) < 4.78 is 26.4. The summed E-state index contributed by atoms with van der Waals surface area (Å²) in [5, 5.41) is 12.3. The second kappa shape index (κ2) is 16.3. The summed E-state index contributed by atoms with van der Waals surface area (Å²) >= 11 is 3.40. The lowest BCUT2D eigenvalue weighted by Crippen LogP contribution is -2.56. The average molecular weight is 818 g/mol. The van der Waals surface area contributed by atoms with Crippen LogP contribution >= 0.6 is 15.9 Å². The van der Waals surface area contributed by atoms with Crippen LogP contribution in [0.3, 0.4) is 0 Å². The lowest BCUT2D eigenvalue weighted by molar-refractivity contribution is -0.133. The van der Waals surface area contributed by atoms with E-state index in [0.717, 1.165) is 52.7 Å². The van der Waals surface area contributed by atoms with Crippen LogP contribution < -0.4 is 16.2 Å². The van der Waals surface area contributed by atoms with Crippen LogP contribution in [0.4, 0.5) is 9.18 Å². The number of hydrogen-bond donors (Lipinski definition) is 4. The predicted molar refractivity (Wildman–Crippen MR) is 208 cm³/mol. The Kier molecular flexibility index (Phi) is 11.7. The highest BCUT2D eigenvalue weighted by Crippen LogP contribution is 2.41. The molecule has 13 nitrogen and oxygen atoms in total. The Morgan fingerprint density at radius 1 is 0.927 bits per heavy atom. The van der Waals surface area contributed by atoms with Crippen molar-refractivity contribution >= 4 is 44.9 Å². The van der Waals surface area contributed by atoms with Crippen LogP contribution in [-0.4, -0.2) is 74.8 Å². The Labute approximate surface area is 327 Å². The predicted octanol–water partition coefficient (Wildman–Crippen LogP) is 6.62. The van der Waals surface area contributed by atoms with Gasteiger partial charge in [0.1, 0.15) is 11.2 Å². The van der Waals surface area contributed by atoms with Crippen molar-refractivity contribution in [3.8, 4) is 11.1 Å². The van der Waals surface area contributed by atoms with E-state index < -0.39 is 11.0 Å². The van der Waals surface area contributed by atoms with Gasteiger partial charge in [-0.25, -0.2) is 14.2 Å². The fraction of sp³-hybridized carbons (Fsp3) is 0.400. The number of aromatic amines is 1. The molecule has 5 heterocycles. The molecule has 3 amide bonds. The highest BCUT2D eigenvalue weighted by molar-refractivity contribution is 9.10. The van der Waals surface area contributed by atoms with Gasteiger partial charge in [-0.1, -0.05) is 52.3 Å². The van der Waals surface area contributed by atoms with E-state index in [0.29, 0.717) is 48.7 Å². The summed E-state index contributed by atoms with van der Waals surface area (Å²) in [4.78, 5) is 45.2. The van der Waals surface area contributed by atoms with Crippen LogP contribution in [0.15, 0.2) is 75.9 Å². The number of nitrogens with one attached hydrogen (secondary N) is 4. The van der Waals surface area contributed by atoms with Crippen molar-refractivity contribution in [3.63, 3.8) is 0 Å². The first kappa shape index (κ1) is 39.5. The molecular weight excluding hydrogens is 771 g/mol. The number of aryl methyl sites for hydroxylation is 1. The van der Waals surface area contributed by atoms with E-state index in [1.165, 1.54) is 13.1 Å². The van der Waals surface area contributed by atoms with E-state index in [1.807, 2.05) is 70.2 Å². The van der Waals surface area contributed by atoms with E-state index in [-0.39, 0.29) is 29.1 Å². The van der Waals surface area contributed by atoms with Gasteiger partial charge in [0.25, 0.3) is 0 Å². The number of amides is 3. The van der Waals surface area contributed by atoms with Gasteiger partial charge in [0.15, 0.2) is 5.82 Å². The van der Waals surface area contributed by atoms with Gasteiger partial charge >= 0.3 is 6.09 Å². The summed E-state index contributed by atoms with van der Waals surface area (Å²) in [6.07, 6.45) is 5.29. The molecule has 2 aliphatic rings. The number of halogens is 2. The summed E-state index contributed by atoms with van der Waals surface area (Å²) in [5.41, 5.74) is 7.47. The molecule has 290 valence electrons. The highest BCUT2D eigenvalue weighted by atomic mass is 79.9. The minimum atomic E-state index is -0.832. The molecule has 7 rings (SSSR count). The number of likely N-dealkylation sites (tertiary alicyclic amines) is 1. The normalized spacial score (nSPS) is 16.5. The summed E-state index contributed by atoms with van der Waals surface area (Å²) in [6, 6.07) is 17.6. The van der Waals surface area contributed by atoms with Crippen LogP contribution in [0.25, 0.3) is 22.2 Å². The smallest absolute Gasteiger partial charge is 0.410 e. The van der Waals surface area contributed by atoms with Crippen molar-refractivity contribution in [2.24, 2.45) is 0 Å². The number of fused-ring (bicyclic) bond motifs is 1. The van der Waals surface area contributed by atoms with Crippen molar-refractivity contribution in [3.05, 3.63) is 100 Å². The largest absolute Gasteiger partial charge is 0.444 e. The number of aromatic nitrogens is 4. The Hall–Kier alpha value is -5.15. The van der Waals surface area contributed by atoms with Crippen LogP contribution in [0.1, 0.15) is 76.3 Å². The third kappa shape index (κ3) is 8.73. The number of hydrazine groups is 1. The second-order valence-electron chi connectivity index (χ2n) is 14.9. The number of nitrogens with zero attached hydrogens (tertiary/aromatic N) is 4. The topological polar surface area (TPSA) is 167 Å². The maximum atomic E-state index is 14.2. The van der Waals surface area contributed by atoms with Crippen molar-refractivity contribution in [1.82, 2.24) is 41.2 Å². The lowest BCUT2D eigenvalue weighted by Gasteiger charge is -2.41. The van der Waals surface area contributed by atoms with Crippen molar-refractivity contribution < 1.29 is 27.9 Å².